The second kappa shape index (κ2) is 8.79. The summed E-state index contributed by atoms with van der Waals surface area (Å²) >= 11 is 12.0. The Morgan fingerprint density at radius 2 is 1.94 bits per heavy atom. The van der Waals surface area contributed by atoms with E-state index in [4.69, 9.17) is 27.6 Å². The van der Waals surface area contributed by atoms with Gasteiger partial charge in [-0.05, 0) is 42.8 Å². The number of para-hydroxylation sites is 1. The lowest BCUT2D eigenvalue weighted by atomic mass is 10.2. The highest BCUT2D eigenvalue weighted by Crippen LogP contribution is 2.23. The standard InChI is InChI=1S/C21H17Cl2N5O3/c1-13-17(11-25-28(13)16-5-3-2-4-6-16)20-26-27(21(30)31-20)12-19(29)24-10-14-9-15(22)7-8-18(14)23/h2-9,11H,10,12H2,1H3,(H,24,29). The van der Waals surface area contributed by atoms with Crippen LogP contribution in [-0.2, 0) is 17.9 Å². The number of amides is 1. The minimum absolute atomic E-state index is 0.0929. The maximum absolute atomic E-state index is 12.3. The second-order valence-corrected chi connectivity index (χ2v) is 7.58. The zero-order valence-electron chi connectivity index (χ0n) is 16.4. The molecule has 0 bridgehead atoms. The smallest absolute Gasteiger partial charge is 0.387 e. The van der Waals surface area contributed by atoms with Gasteiger partial charge in [-0.2, -0.15) is 9.78 Å². The summed E-state index contributed by atoms with van der Waals surface area (Å²) in [7, 11) is 0. The van der Waals surface area contributed by atoms with Crippen molar-refractivity contribution in [3.05, 3.63) is 86.6 Å². The van der Waals surface area contributed by atoms with Crippen molar-refractivity contribution in [1.29, 1.82) is 0 Å². The van der Waals surface area contributed by atoms with Crippen molar-refractivity contribution in [1.82, 2.24) is 24.9 Å². The van der Waals surface area contributed by atoms with Gasteiger partial charge in [0.2, 0.25) is 5.91 Å². The van der Waals surface area contributed by atoms with Crippen LogP contribution in [0.15, 0.2) is 63.9 Å². The van der Waals surface area contributed by atoms with Crippen LogP contribution in [0.3, 0.4) is 0 Å². The molecular formula is C21H17Cl2N5O3. The van der Waals surface area contributed by atoms with E-state index < -0.39 is 11.7 Å². The lowest BCUT2D eigenvalue weighted by Gasteiger charge is -2.07. The van der Waals surface area contributed by atoms with Crippen LogP contribution in [0.5, 0.6) is 0 Å². The molecule has 4 rings (SSSR count). The van der Waals surface area contributed by atoms with Crippen molar-refractivity contribution >= 4 is 29.1 Å². The van der Waals surface area contributed by atoms with Crippen LogP contribution in [0.25, 0.3) is 17.1 Å². The van der Waals surface area contributed by atoms with Crippen molar-refractivity contribution in [2.75, 3.05) is 0 Å². The van der Waals surface area contributed by atoms with E-state index in [1.807, 2.05) is 37.3 Å². The van der Waals surface area contributed by atoms with Crippen LogP contribution in [0.4, 0.5) is 0 Å². The molecule has 2 aromatic heterocycles. The third-order valence-electron chi connectivity index (χ3n) is 4.62. The highest BCUT2D eigenvalue weighted by molar-refractivity contribution is 6.33. The summed E-state index contributed by atoms with van der Waals surface area (Å²) < 4.78 is 7.93. The monoisotopic (exact) mass is 457 g/mol. The molecule has 0 atom stereocenters. The summed E-state index contributed by atoms with van der Waals surface area (Å²) in [5.41, 5.74) is 2.84. The molecule has 31 heavy (non-hydrogen) atoms. The third kappa shape index (κ3) is 4.55. The van der Waals surface area contributed by atoms with Crippen LogP contribution >= 0.6 is 23.2 Å². The second-order valence-electron chi connectivity index (χ2n) is 6.73. The Bertz CT molecular complexity index is 1290. The van der Waals surface area contributed by atoms with Gasteiger partial charge in [0.25, 0.3) is 5.89 Å². The van der Waals surface area contributed by atoms with Crippen LogP contribution in [0, 0.1) is 6.92 Å². The van der Waals surface area contributed by atoms with Gasteiger partial charge < -0.3 is 9.73 Å². The molecule has 0 aliphatic carbocycles. The molecule has 0 aliphatic rings. The number of carbonyl (C=O) groups is 1. The molecule has 0 fully saturated rings. The van der Waals surface area contributed by atoms with E-state index >= 15 is 0 Å². The first kappa shape index (κ1) is 20.9. The number of nitrogens with zero attached hydrogens (tertiary/aromatic N) is 4. The summed E-state index contributed by atoms with van der Waals surface area (Å²) in [6, 6.07) is 14.5. The van der Waals surface area contributed by atoms with Crippen molar-refractivity contribution in [3.8, 4) is 17.1 Å². The number of halogens is 2. The summed E-state index contributed by atoms with van der Waals surface area (Å²) in [4.78, 5) is 24.5. The van der Waals surface area contributed by atoms with Crippen molar-refractivity contribution in [2.45, 2.75) is 20.0 Å². The molecular weight excluding hydrogens is 441 g/mol. The molecule has 0 radical (unpaired) electrons. The SMILES string of the molecule is Cc1c(-c2nn(CC(=O)NCc3cc(Cl)ccc3Cl)c(=O)o2)cnn1-c1ccccc1. The molecule has 4 aromatic rings. The van der Waals surface area contributed by atoms with Gasteiger partial charge in [-0.1, -0.05) is 41.4 Å². The third-order valence-corrected chi connectivity index (χ3v) is 5.23. The van der Waals surface area contributed by atoms with Gasteiger partial charge in [0.05, 0.1) is 23.1 Å². The minimum atomic E-state index is -0.738. The molecule has 2 aromatic carbocycles. The van der Waals surface area contributed by atoms with Gasteiger partial charge in [0.15, 0.2) is 0 Å². The van der Waals surface area contributed by atoms with E-state index in [2.05, 4.69) is 15.5 Å². The Morgan fingerprint density at radius 3 is 2.71 bits per heavy atom. The van der Waals surface area contributed by atoms with Crippen molar-refractivity contribution in [2.24, 2.45) is 0 Å². The maximum Gasteiger partial charge on any atom is 0.437 e. The summed E-state index contributed by atoms with van der Waals surface area (Å²) in [5.74, 6) is -1.07. The highest BCUT2D eigenvalue weighted by atomic mass is 35.5. The van der Waals surface area contributed by atoms with E-state index in [1.165, 1.54) is 0 Å². The lowest BCUT2D eigenvalue weighted by molar-refractivity contribution is -0.122. The van der Waals surface area contributed by atoms with E-state index in [-0.39, 0.29) is 19.0 Å². The van der Waals surface area contributed by atoms with Gasteiger partial charge >= 0.3 is 5.76 Å². The molecule has 0 saturated carbocycles. The zero-order valence-corrected chi connectivity index (χ0v) is 17.9. The Hall–Kier alpha value is -3.36. The largest absolute Gasteiger partial charge is 0.437 e. The summed E-state index contributed by atoms with van der Waals surface area (Å²) in [6.07, 6.45) is 1.57. The fourth-order valence-corrected chi connectivity index (χ4v) is 3.41. The molecule has 0 aliphatic heterocycles. The molecule has 1 amide bonds. The Balaban J connectivity index is 1.48. The number of hydrogen-bond acceptors (Lipinski definition) is 5. The zero-order chi connectivity index (χ0) is 22.0. The molecule has 158 valence electrons. The predicted octanol–water partition coefficient (Wildman–Crippen LogP) is 3.62. The van der Waals surface area contributed by atoms with E-state index in [1.54, 1.807) is 29.1 Å². The van der Waals surface area contributed by atoms with Crippen molar-refractivity contribution < 1.29 is 9.21 Å². The normalized spacial score (nSPS) is 10.9. The molecule has 0 unspecified atom stereocenters. The number of nitrogens with one attached hydrogen (secondary N) is 1. The van der Waals surface area contributed by atoms with Crippen LogP contribution in [0.2, 0.25) is 10.0 Å². The van der Waals surface area contributed by atoms with Crippen molar-refractivity contribution in [3.63, 3.8) is 0 Å². The van der Waals surface area contributed by atoms with Gasteiger partial charge in [-0.3, -0.25) is 4.79 Å². The van der Waals surface area contributed by atoms with Gasteiger partial charge in [-0.25, -0.2) is 9.48 Å². The average molecular weight is 458 g/mol. The Kier molecular flexibility index (Phi) is 5.92. The average Bonchev–Trinajstić information content (AvgIpc) is 3.31. The highest BCUT2D eigenvalue weighted by Gasteiger charge is 2.18. The quantitative estimate of drug-likeness (QED) is 0.476. The Morgan fingerprint density at radius 1 is 1.16 bits per heavy atom. The predicted molar refractivity (Wildman–Crippen MR) is 116 cm³/mol. The first-order valence-electron chi connectivity index (χ1n) is 9.31. The fourth-order valence-electron chi connectivity index (χ4n) is 3.03. The molecule has 0 saturated heterocycles. The first-order valence-corrected chi connectivity index (χ1v) is 10.1. The van der Waals surface area contributed by atoms with Crippen LogP contribution in [0.1, 0.15) is 11.3 Å². The minimum Gasteiger partial charge on any atom is -0.387 e. The van der Waals surface area contributed by atoms with Gasteiger partial charge in [0.1, 0.15) is 6.54 Å². The maximum atomic E-state index is 12.3. The molecule has 8 nitrogen and oxygen atoms in total. The van der Waals surface area contributed by atoms with Gasteiger partial charge in [-0.15, -0.1) is 5.10 Å². The number of rotatable bonds is 6. The number of carbonyl (C=O) groups excluding carboxylic acids is 1. The summed E-state index contributed by atoms with van der Waals surface area (Å²) in [5, 5.41) is 12.2. The summed E-state index contributed by atoms with van der Waals surface area (Å²) in [6.45, 7) is 1.71. The molecule has 2 heterocycles. The fraction of sp³-hybridized carbons (Fsp3) is 0.143. The molecule has 0 spiro atoms. The van der Waals surface area contributed by atoms with E-state index in [0.717, 1.165) is 16.1 Å². The van der Waals surface area contributed by atoms with E-state index in [0.29, 0.717) is 21.2 Å². The molecule has 10 heteroatoms. The van der Waals surface area contributed by atoms with Crippen LogP contribution < -0.4 is 11.1 Å². The van der Waals surface area contributed by atoms with E-state index in [9.17, 15) is 9.59 Å². The van der Waals surface area contributed by atoms with Gasteiger partial charge in [0, 0.05) is 16.6 Å². The molecule has 1 N–H and O–H groups in total. The number of benzene rings is 2. The lowest BCUT2D eigenvalue weighted by Crippen LogP contribution is -2.31. The number of hydrogen-bond donors (Lipinski definition) is 1. The first-order chi connectivity index (χ1) is 14.9. The Labute approximate surface area is 187 Å². The van der Waals surface area contributed by atoms with Crippen LogP contribution in [-0.4, -0.2) is 25.5 Å². The topological polar surface area (TPSA) is 94.9 Å². The number of aromatic nitrogens is 4.